The Balaban J connectivity index is 1.46. The molecule has 5 aliphatic rings. The van der Waals surface area contributed by atoms with E-state index in [0.717, 1.165) is 36.8 Å². The molecule has 7 nitrogen and oxygen atoms in total. The van der Waals surface area contributed by atoms with Crippen LogP contribution < -0.4 is 0 Å². The molecule has 7 heteroatoms. The van der Waals surface area contributed by atoms with Crippen LogP contribution in [0.5, 0.6) is 0 Å². The van der Waals surface area contributed by atoms with Crippen LogP contribution in [0.2, 0.25) is 0 Å². The lowest BCUT2D eigenvalue weighted by atomic mass is 9.34. The minimum atomic E-state index is -0.975. The van der Waals surface area contributed by atoms with Crippen molar-refractivity contribution in [3.8, 4) is 0 Å². The number of aliphatic hydroxyl groups excluding tert-OH is 1. The molecule has 4 fully saturated rings. The molecule has 1 aromatic rings. The number of hydrogen-bond donors (Lipinski definition) is 1. The van der Waals surface area contributed by atoms with Crippen LogP contribution in [0.4, 0.5) is 0 Å². The van der Waals surface area contributed by atoms with Gasteiger partial charge in [-0.2, -0.15) is 0 Å². The number of fused-ring (bicyclic) bond motifs is 3. The number of esters is 2. The second-order valence-corrected chi connectivity index (χ2v) is 16.8. The third-order valence-corrected chi connectivity index (χ3v) is 14.5. The summed E-state index contributed by atoms with van der Waals surface area (Å²) in [5.74, 6) is -0.664. The van der Waals surface area contributed by atoms with E-state index in [4.69, 9.17) is 14.2 Å². The average Bonchev–Trinajstić information content (AvgIpc) is 3.00. The van der Waals surface area contributed by atoms with Crippen molar-refractivity contribution in [3.05, 3.63) is 47.5 Å². The summed E-state index contributed by atoms with van der Waals surface area (Å²) >= 11 is 0. The summed E-state index contributed by atoms with van der Waals surface area (Å²) in [7, 11) is 0. The maximum Gasteiger partial charge on any atom is 0.310 e. The molecule has 1 aromatic carbocycles. The quantitative estimate of drug-likeness (QED) is 0.348. The normalized spacial score (nSPS) is 43.8. The standard InChI is InChI=1S/C39H54O7/c1-23(2)24(3)35(5)16-17-37(7)27-14-15-30-36(6)21-44-22-39(30,19-29(33(36)42)46-25(4)40)28(27)18-31(41)38(37,8)32(35)34(43)45-20-26-12-10-9-11-13-26/h9-13,18,23-24,27,29-30,32-33,42H,14-17,19-22H2,1-8H3/t24-,27+,29-,30+,32-,33+,35-,36?,37-,38+,39+/m1/s1. The zero-order chi connectivity index (χ0) is 33.4. The number of benzene rings is 1. The van der Waals surface area contributed by atoms with Gasteiger partial charge in [0.2, 0.25) is 0 Å². The van der Waals surface area contributed by atoms with E-state index in [0.29, 0.717) is 25.6 Å². The Bertz CT molecular complexity index is 1420. The molecule has 1 N–H and O–H groups in total. The summed E-state index contributed by atoms with van der Waals surface area (Å²) in [6.45, 7) is 17.6. The van der Waals surface area contributed by atoms with Crippen LogP contribution in [-0.2, 0) is 35.2 Å². The predicted octanol–water partition coefficient (Wildman–Crippen LogP) is 6.71. The van der Waals surface area contributed by atoms with Gasteiger partial charge in [-0.3, -0.25) is 14.4 Å². The van der Waals surface area contributed by atoms with Gasteiger partial charge in [0.05, 0.1) is 25.2 Å². The monoisotopic (exact) mass is 634 g/mol. The van der Waals surface area contributed by atoms with Crippen molar-refractivity contribution < 1.29 is 33.7 Å². The molecule has 0 radical (unpaired) electrons. The molecule has 11 atom stereocenters. The van der Waals surface area contributed by atoms with Crippen LogP contribution in [0.1, 0.15) is 93.1 Å². The molecule has 1 aliphatic heterocycles. The second kappa shape index (κ2) is 11.3. The van der Waals surface area contributed by atoms with Gasteiger partial charge in [0, 0.05) is 23.2 Å². The largest absolute Gasteiger partial charge is 0.461 e. The molecular weight excluding hydrogens is 580 g/mol. The van der Waals surface area contributed by atoms with Gasteiger partial charge in [0.25, 0.3) is 0 Å². The highest BCUT2D eigenvalue weighted by Crippen LogP contribution is 2.74. The molecule has 2 bridgehead atoms. The third-order valence-electron chi connectivity index (χ3n) is 14.5. The highest BCUT2D eigenvalue weighted by Gasteiger charge is 2.74. The molecule has 46 heavy (non-hydrogen) atoms. The third kappa shape index (κ3) is 4.53. The summed E-state index contributed by atoms with van der Waals surface area (Å²) in [6, 6.07) is 9.74. The van der Waals surface area contributed by atoms with E-state index in [2.05, 4.69) is 48.5 Å². The second-order valence-electron chi connectivity index (χ2n) is 16.8. The zero-order valence-corrected chi connectivity index (χ0v) is 29.1. The number of hydrogen-bond acceptors (Lipinski definition) is 7. The van der Waals surface area contributed by atoms with Crippen LogP contribution in [0, 0.1) is 56.7 Å². The molecule has 4 aliphatic carbocycles. The molecule has 0 aromatic heterocycles. The molecule has 0 amide bonds. The van der Waals surface area contributed by atoms with Crippen molar-refractivity contribution in [1.29, 1.82) is 0 Å². The molecule has 1 heterocycles. The van der Waals surface area contributed by atoms with Crippen molar-refractivity contribution in [2.75, 3.05) is 13.2 Å². The minimum Gasteiger partial charge on any atom is -0.461 e. The molecule has 1 unspecified atom stereocenters. The number of ether oxygens (including phenoxy) is 3. The maximum atomic E-state index is 15.1. The van der Waals surface area contributed by atoms with Crippen molar-refractivity contribution in [2.45, 2.75) is 106 Å². The Labute approximate surface area is 274 Å². The molecule has 1 saturated heterocycles. The molecule has 6 rings (SSSR count). The van der Waals surface area contributed by atoms with Gasteiger partial charge in [-0.25, -0.2) is 0 Å². The summed E-state index contributed by atoms with van der Waals surface area (Å²) in [4.78, 5) is 41.8. The van der Waals surface area contributed by atoms with Gasteiger partial charge in [0.1, 0.15) is 12.7 Å². The zero-order valence-electron chi connectivity index (χ0n) is 29.1. The fourth-order valence-corrected chi connectivity index (χ4v) is 11.5. The lowest BCUT2D eigenvalue weighted by Crippen LogP contribution is -2.71. The van der Waals surface area contributed by atoms with E-state index < -0.39 is 51.2 Å². The van der Waals surface area contributed by atoms with Crippen molar-refractivity contribution in [2.24, 2.45) is 56.7 Å². The Hall–Kier alpha value is -2.51. The van der Waals surface area contributed by atoms with E-state index in [1.165, 1.54) is 6.92 Å². The van der Waals surface area contributed by atoms with Gasteiger partial charge >= 0.3 is 11.9 Å². The fourth-order valence-electron chi connectivity index (χ4n) is 11.5. The number of carbonyl (C=O) groups is 3. The lowest BCUT2D eigenvalue weighted by Gasteiger charge is -2.70. The van der Waals surface area contributed by atoms with E-state index >= 15 is 4.79 Å². The summed E-state index contributed by atoms with van der Waals surface area (Å²) < 4.78 is 18.2. The minimum absolute atomic E-state index is 0.0118. The SMILES string of the molecule is CC(=O)O[C@@H]1C[C@@]23COCC(C)([C@H]1O)[C@@H]2CC[C@H]1C3=CC(=O)[C@@]2(C)[C@H](C(=O)OCc3ccccc3)[C@@](C)([C@H](C)C(C)C)CC[C@]12C. The van der Waals surface area contributed by atoms with Gasteiger partial charge in [-0.05, 0) is 78.2 Å². The van der Waals surface area contributed by atoms with Gasteiger partial charge < -0.3 is 19.3 Å². The van der Waals surface area contributed by atoms with Gasteiger partial charge in [-0.15, -0.1) is 0 Å². The first kappa shape index (κ1) is 33.4. The van der Waals surface area contributed by atoms with Gasteiger partial charge in [0.15, 0.2) is 5.78 Å². The Morgan fingerprint density at radius 3 is 2.37 bits per heavy atom. The molecular formula is C39H54O7. The number of rotatable bonds is 6. The molecule has 252 valence electrons. The Morgan fingerprint density at radius 2 is 1.72 bits per heavy atom. The number of aliphatic hydroxyl groups is 1. The van der Waals surface area contributed by atoms with E-state index in [-0.39, 0.29) is 36.1 Å². The number of allylic oxidation sites excluding steroid dienone is 1. The van der Waals surface area contributed by atoms with Crippen molar-refractivity contribution in [3.63, 3.8) is 0 Å². The summed E-state index contributed by atoms with van der Waals surface area (Å²) in [5, 5.41) is 11.5. The van der Waals surface area contributed by atoms with E-state index in [9.17, 15) is 14.7 Å². The van der Waals surface area contributed by atoms with Crippen LogP contribution in [0.15, 0.2) is 42.0 Å². The summed E-state index contributed by atoms with van der Waals surface area (Å²) in [5.41, 5.74) is -1.03. The van der Waals surface area contributed by atoms with Crippen LogP contribution in [0.25, 0.3) is 0 Å². The van der Waals surface area contributed by atoms with Crippen molar-refractivity contribution >= 4 is 17.7 Å². The number of carbonyl (C=O) groups excluding carboxylic acids is 3. The lowest BCUT2D eigenvalue weighted by molar-refractivity contribution is -0.256. The maximum absolute atomic E-state index is 15.1. The first-order valence-electron chi connectivity index (χ1n) is 17.5. The first-order chi connectivity index (χ1) is 21.6. The first-order valence-corrected chi connectivity index (χ1v) is 17.5. The summed E-state index contributed by atoms with van der Waals surface area (Å²) in [6.07, 6.45) is 4.20. The molecule has 3 saturated carbocycles. The Morgan fingerprint density at radius 1 is 1.02 bits per heavy atom. The van der Waals surface area contributed by atoms with Crippen LogP contribution >= 0.6 is 0 Å². The highest BCUT2D eigenvalue weighted by atomic mass is 16.6. The van der Waals surface area contributed by atoms with Crippen LogP contribution in [0.3, 0.4) is 0 Å². The molecule has 0 spiro atoms. The van der Waals surface area contributed by atoms with Crippen molar-refractivity contribution in [1.82, 2.24) is 0 Å². The Kier molecular flexibility index (Phi) is 8.20. The van der Waals surface area contributed by atoms with Crippen LogP contribution in [-0.4, -0.2) is 48.3 Å². The topological polar surface area (TPSA) is 99.1 Å². The van der Waals surface area contributed by atoms with E-state index in [1.807, 2.05) is 36.4 Å². The highest BCUT2D eigenvalue weighted by molar-refractivity contribution is 6.01. The fraction of sp³-hybridized carbons (Fsp3) is 0.718. The van der Waals surface area contributed by atoms with E-state index in [1.54, 1.807) is 0 Å². The number of ketones is 1. The van der Waals surface area contributed by atoms with Gasteiger partial charge in [-0.1, -0.05) is 84.4 Å². The average molecular weight is 635 g/mol. The predicted molar refractivity (Wildman–Crippen MR) is 174 cm³/mol. The smallest absolute Gasteiger partial charge is 0.310 e.